The Morgan fingerprint density at radius 3 is 2.32 bits per heavy atom. The zero-order valence-electron chi connectivity index (χ0n) is 14.4. The molecular weight excluding hydrogens is 338 g/mol. The van der Waals surface area contributed by atoms with Gasteiger partial charge in [-0.2, -0.15) is 4.31 Å². The standard InChI is InChI=1S/C19H21NO4S/c1-13-3-4-19(14(2)9-13)25(21,22)20-6-5-15-10-17-18(11-16(15)12-20)24-8-7-23-17/h3-4,9-11H,5-8,12H2,1-2H3. The lowest BCUT2D eigenvalue weighted by molar-refractivity contribution is 0.171. The molecule has 2 aliphatic rings. The van der Waals surface area contributed by atoms with Crippen LogP contribution in [-0.4, -0.2) is 32.5 Å². The van der Waals surface area contributed by atoms with E-state index in [1.54, 1.807) is 10.4 Å². The van der Waals surface area contributed by atoms with E-state index in [0.717, 1.165) is 28.0 Å². The van der Waals surface area contributed by atoms with Crippen LogP contribution in [0.25, 0.3) is 0 Å². The number of nitrogens with zero attached hydrogens (tertiary/aromatic N) is 1. The molecule has 0 atom stereocenters. The van der Waals surface area contributed by atoms with E-state index in [2.05, 4.69) is 0 Å². The third-order valence-corrected chi connectivity index (χ3v) is 6.80. The molecule has 0 fully saturated rings. The third kappa shape index (κ3) is 2.89. The molecule has 0 saturated heterocycles. The second kappa shape index (κ2) is 6.04. The molecule has 0 spiro atoms. The van der Waals surface area contributed by atoms with E-state index in [9.17, 15) is 8.42 Å². The maximum Gasteiger partial charge on any atom is 0.243 e. The van der Waals surface area contributed by atoms with Crippen molar-refractivity contribution in [3.8, 4) is 11.5 Å². The Balaban J connectivity index is 1.67. The fourth-order valence-corrected chi connectivity index (χ4v) is 5.12. The molecule has 4 rings (SSSR count). The summed E-state index contributed by atoms with van der Waals surface area (Å²) in [5, 5.41) is 0. The second-order valence-electron chi connectivity index (χ2n) is 6.62. The predicted molar refractivity (Wildman–Crippen MR) is 94.6 cm³/mol. The van der Waals surface area contributed by atoms with Gasteiger partial charge in [-0.3, -0.25) is 0 Å². The van der Waals surface area contributed by atoms with Gasteiger partial charge >= 0.3 is 0 Å². The Bertz CT molecular complexity index is 937. The van der Waals surface area contributed by atoms with Crippen LogP contribution in [0.5, 0.6) is 11.5 Å². The highest BCUT2D eigenvalue weighted by Crippen LogP contribution is 2.36. The van der Waals surface area contributed by atoms with Crippen molar-refractivity contribution < 1.29 is 17.9 Å². The Morgan fingerprint density at radius 2 is 1.64 bits per heavy atom. The van der Waals surface area contributed by atoms with E-state index in [1.165, 1.54) is 0 Å². The minimum Gasteiger partial charge on any atom is -0.486 e. The summed E-state index contributed by atoms with van der Waals surface area (Å²) in [4.78, 5) is 0.388. The largest absolute Gasteiger partial charge is 0.486 e. The average Bonchev–Trinajstić information content (AvgIpc) is 2.59. The van der Waals surface area contributed by atoms with Gasteiger partial charge in [-0.15, -0.1) is 0 Å². The minimum absolute atomic E-state index is 0.363. The Labute approximate surface area is 148 Å². The van der Waals surface area contributed by atoms with Crippen LogP contribution in [0.15, 0.2) is 35.2 Å². The average molecular weight is 359 g/mol. The van der Waals surface area contributed by atoms with Crippen molar-refractivity contribution in [2.24, 2.45) is 0 Å². The fraction of sp³-hybridized carbons (Fsp3) is 0.368. The van der Waals surface area contributed by atoms with Crippen LogP contribution in [0.2, 0.25) is 0 Å². The maximum absolute atomic E-state index is 13.1. The van der Waals surface area contributed by atoms with E-state index in [4.69, 9.17) is 9.47 Å². The van der Waals surface area contributed by atoms with Gasteiger partial charge in [0, 0.05) is 13.1 Å². The van der Waals surface area contributed by atoms with Crippen molar-refractivity contribution in [2.75, 3.05) is 19.8 Å². The number of benzene rings is 2. The van der Waals surface area contributed by atoms with Gasteiger partial charge in [-0.1, -0.05) is 17.7 Å². The van der Waals surface area contributed by atoms with Gasteiger partial charge in [-0.25, -0.2) is 8.42 Å². The number of sulfonamides is 1. The number of hydrogen-bond acceptors (Lipinski definition) is 4. The molecule has 5 nitrogen and oxygen atoms in total. The predicted octanol–water partition coefficient (Wildman–Crippen LogP) is 2.82. The first-order chi connectivity index (χ1) is 11.9. The highest BCUT2D eigenvalue weighted by Gasteiger charge is 2.30. The van der Waals surface area contributed by atoms with Crippen LogP contribution in [0.1, 0.15) is 22.3 Å². The molecule has 0 N–H and O–H groups in total. The van der Waals surface area contributed by atoms with Crippen molar-refractivity contribution in [1.82, 2.24) is 4.31 Å². The van der Waals surface area contributed by atoms with E-state index in [0.29, 0.717) is 43.4 Å². The van der Waals surface area contributed by atoms with Crippen LogP contribution in [0.3, 0.4) is 0 Å². The van der Waals surface area contributed by atoms with E-state index in [1.807, 2.05) is 38.1 Å². The van der Waals surface area contributed by atoms with Crippen molar-refractivity contribution in [2.45, 2.75) is 31.7 Å². The Kier molecular flexibility index (Phi) is 3.96. The zero-order valence-corrected chi connectivity index (χ0v) is 15.2. The van der Waals surface area contributed by atoms with Gasteiger partial charge in [-0.05, 0) is 55.2 Å². The molecule has 6 heteroatoms. The number of rotatable bonds is 2. The molecule has 2 heterocycles. The SMILES string of the molecule is Cc1ccc(S(=O)(=O)N2CCc3cc4c(cc3C2)OCCO4)c(C)c1. The first-order valence-electron chi connectivity index (χ1n) is 8.44. The molecule has 0 amide bonds. The van der Waals surface area contributed by atoms with Gasteiger partial charge in [0.05, 0.1) is 4.90 Å². The Morgan fingerprint density at radius 1 is 0.960 bits per heavy atom. The molecule has 0 radical (unpaired) electrons. The first kappa shape index (κ1) is 16.4. The topological polar surface area (TPSA) is 55.8 Å². The maximum atomic E-state index is 13.1. The van der Waals surface area contributed by atoms with Crippen LogP contribution in [-0.2, 0) is 23.0 Å². The molecule has 0 bridgehead atoms. The lowest BCUT2D eigenvalue weighted by atomic mass is 10.00. The summed E-state index contributed by atoms with van der Waals surface area (Å²) in [6, 6.07) is 9.38. The number of ether oxygens (including phenoxy) is 2. The number of hydrogen-bond donors (Lipinski definition) is 0. The molecule has 0 aromatic heterocycles. The molecule has 0 unspecified atom stereocenters. The summed E-state index contributed by atoms with van der Waals surface area (Å²) in [6.45, 7) is 5.73. The van der Waals surface area contributed by atoms with Gasteiger partial charge in [0.2, 0.25) is 10.0 Å². The third-order valence-electron chi connectivity index (χ3n) is 4.79. The minimum atomic E-state index is -3.51. The van der Waals surface area contributed by atoms with Crippen LogP contribution < -0.4 is 9.47 Å². The van der Waals surface area contributed by atoms with Crippen LogP contribution in [0.4, 0.5) is 0 Å². The summed E-state index contributed by atoms with van der Waals surface area (Å²) in [7, 11) is -3.51. The van der Waals surface area contributed by atoms with Crippen molar-refractivity contribution in [3.05, 3.63) is 52.6 Å². The quantitative estimate of drug-likeness (QED) is 0.827. The van der Waals surface area contributed by atoms with Crippen molar-refractivity contribution in [1.29, 1.82) is 0 Å². The summed E-state index contributed by atoms with van der Waals surface area (Å²) in [5.41, 5.74) is 3.97. The van der Waals surface area contributed by atoms with Crippen LogP contribution >= 0.6 is 0 Å². The van der Waals surface area contributed by atoms with Crippen molar-refractivity contribution in [3.63, 3.8) is 0 Å². The first-order valence-corrected chi connectivity index (χ1v) is 9.88. The molecule has 0 aliphatic carbocycles. The molecule has 25 heavy (non-hydrogen) atoms. The van der Waals surface area contributed by atoms with E-state index >= 15 is 0 Å². The highest BCUT2D eigenvalue weighted by atomic mass is 32.2. The Hall–Kier alpha value is -2.05. The molecule has 2 aromatic rings. The van der Waals surface area contributed by atoms with Gasteiger partial charge in [0.15, 0.2) is 11.5 Å². The number of fused-ring (bicyclic) bond motifs is 2. The normalized spacial score (nSPS) is 17.2. The summed E-state index contributed by atoms with van der Waals surface area (Å²) in [5.74, 6) is 1.46. The lowest BCUT2D eigenvalue weighted by Gasteiger charge is -2.30. The van der Waals surface area contributed by atoms with Gasteiger partial charge in [0.25, 0.3) is 0 Å². The molecule has 0 saturated carbocycles. The second-order valence-corrected chi connectivity index (χ2v) is 8.53. The smallest absolute Gasteiger partial charge is 0.243 e. The van der Waals surface area contributed by atoms with Gasteiger partial charge in [0.1, 0.15) is 13.2 Å². The number of aryl methyl sites for hydroxylation is 2. The van der Waals surface area contributed by atoms with Crippen molar-refractivity contribution >= 4 is 10.0 Å². The van der Waals surface area contributed by atoms with E-state index < -0.39 is 10.0 Å². The van der Waals surface area contributed by atoms with E-state index in [-0.39, 0.29) is 0 Å². The lowest BCUT2D eigenvalue weighted by Crippen LogP contribution is -2.36. The zero-order chi connectivity index (χ0) is 17.6. The summed E-state index contributed by atoms with van der Waals surface area (Å²) >= 11 is 0. The summed E-state index contributed by atoms with van der Waals surface area (Å²) < 4.78 is 39.0. The molecule has 132 valence electrons. The summed E-state index contributed by atoms with van der Waals surface area (Å²) in [6.07, 6.45) is 0.677. The van der Waals surface area contributed by atoms with Gasteiger partial charge < -0.3 is 9.47 Å². The fourth-order valence-electron chi connectivity index (χ4n) is 3.50. The molecule has 2 aliphatic heterocycles. The monoisotopic (exact) mass is 359 g/mol. The van der Waals surface area contributed by atoms with Crippen LogP contribution in [0, 0.1) is 13.8 Å². The molecular formula is C19H21NO4S. The highest BCUT2D eigenvalue weighted by molar-refractivity contribution is 7.89. The molecule has 2 aromatic carbocycles.